The van der Waals surface area contributed by atoms with Crippen LogP contribution >= 0.6 is 0 Å². The first-order valence-electron chi connectivity index (χ1n) is 8.12. The van der Waals surface area contributed by atoms with Crippen molar-refractivity contribution in [2.24, 2.45) is 5.73 Å². The number of carbonyl (C=O) groups is 3. The highest BCUT2D eigenvalue weighted by Gasteiger charge is 2.09. The summed E-state index contributed by atoms with van der Waals surface area (Å²) >= 11 is 0. The monoisotopic (exact) mass is 354 g/mol. The van der Waals surface area contributed by atoms with Crippen LogP contribution in [0.1, 0.15) is 27.0 Å². The number of anilines is 1. The Balaban J connectivity index is 1.78. The molecule has 0 radical (unpaired) electrons. The summed E-state index contributed by atoms with van der Waals surface area (Å²) in [6.45, 7) is 4.12. The Labute approximate surface area is 152 Å². The molecule has 0 aromatic heterocycles. The highest BCUT2D eigenvalue weighted by atomic mass is 16.2. The molecule has 0 aliphatic heterocycles. The van der Waals surface area contributed by atoms with Gasteiger partial charge in [-0.25, -0.2) is 4.79 Å². The molecule has 0 saturated carbocycles. The first-order chi connectivity index (χ1) is 12.3. The number of nitrogens with two attached hydrogens (primary N) is 1. The molecule has 7 nitrogen and oxygen atoms in total. The molecule has 136 valence electrons. The number of urea groups is 1. The number of primary amides is 1. The summed E-state index contributed by atoms with van der Waals surface area (Å²) in [5, 5.41) is 7.78. The van der Waals surface area contributed by atoms with Crippen LogP contribution in [0.15, 0.2) is 42.5 Å². The highest BCUT2D eigenvalue weighted by molar-refractivity contribution is 5.96. The van der Waals surface area contributed by atoms with Crippen LogP contribution < -0.4 is 21.7 Å². The van der Waals surface area contributed by atoms with Gasteiger partial charge in [-0.2, -0.15) is 0 Å². The zero-order valence-corrected chi connectivity index (χ0v) is 14.8. The van der Waals surface area contributed by atoms with Crippen molar-refractivity contribution >= 4 is 23.5 Å². The number of benzene rings is 2. The Morgan fingerprint density at radius 2 is 1.62 bits per heavy atom. The molecule has 0 aliphatic rings. The Kier molecular flexibility index (Phi) is 6.32. The van der Waals surface area contributed by atoms with Gasteiger partial charge in [0.15, 0.2) is 0 Å². The normalized spacial score (nSPS) is 10.1. The number of aryl methyl sites for hydroxylation is 2. The maximum absolute atomic E-state index is 12.1. The summed E-state index contributed by atoms with van der Waals surface area (Å²) in [5.41, 5.74) is 9.13. The van der Waals surface area contributed by atoms with Gasteiger partial charge in [-0.05, 0) is 54.8 Å². The predicted molar refractivity (Wildman–Crippen MR) is 99.7 cm³/mol. The van der Waals surface area contributed by atoms with Crippen LogP contribution in [0.2, 0.25) is 0 Å². The predicted octanol–water partition coefficient (Wildman–Crippen LogP) is 1.84. The standard InChI is InChI=1S/C19H22N4O3/c1-12-3-6-15(9-13(12)2)18(25)22-11-17(24)21-10-14-4-7-16(8-5-14)23-19(20)26/h3-9H,10-11H2,1-2H3,(H,21,24)(H,22,25)(H3,20,23,26). The van der Waals surface area contributed by atoms with E-state index >= 15 is 0 Å². The maximum Gasteiger partial charge on any atom is 0.316 e. The van der Waals surface area contributed by atoms with E-state index in [0.29, 0.717) is 17.8 Å². The van der Waals surface area contributed by atoms with E-state index < -0.39 is 6.03 Å². The van der Waals surface area contributed by atoms with Gasteiger partial charge in [0.2, 0.25) is 5.91 Å². The fraction of sp³-hybridized carbons (Fsp3) is 0.211. The second-order valence-corrected chi connectivity index (χ2v) is 5.94. The van der Waals surface area contributed by atoms with Crippen molar-refractivity contribution in [2.45, 2.75) is 20.4 Å². The van der Waals surface area contributed by atoms with Crippen molar-refractivity contribution in [3.8, 4) is 0 Å². The van der Waals surface area contributed by atoms with Gasteiger partial charge in [-0.15, -0.1) is 0 Å². The summed E-state index contributed by atoms with van der Waals surface area (Å²) in [5.74, 6) is -0.577. The SMILES string of the molecule is Cc1ccc(C(=O)NCC(=O)NCc2ccc(NC(N)=O)cc2)cc1C. The van der Waals surface area contributed by atoms with E-state index in [-0.39, 0.29) is 18.4 Å². The van der Waals surface area contributed by atoms with Crippen LogP contribution in [-0.2, 0) is 11.3 Å². The largest absolute Gasteiger partial charge is 0.351 e. The lowest BCUT2D eigenvalue weighted by atomic mass is 10.1. The van der Waals surface area contributed by atoms with Gasteiger partial charge < -0.3 is 21.7 Å². The fourth-order valence-corrected chi connectivity index (χ4v) is 2.26. The topological polar surface area (TPSA) is 113 Å². The minimum atomic E-state index is -0.634. The molecular formula is C19H22N4O3. The molecule has 26 heavy (non-hydrogen) atoms. The number of hydrogen-bond acceptors (Lipinski definition) is 3. The Morgan fingerprint density at radius 1 is 0.923 bits per heavy atom. The molecule has 4 amide bonds. The van der Waals surface area contributed by atoms with Gasteiger partial charge in [-0.1, -0.05) is 18.2 Å². The van der Waals surface area contributed by atoms with Crippen LogP contribution in [0, 0.1) is 13.8 Å². The van der Waals surface area contributed by atoms with Crippen molar-refractivity contribution in [1.82, 2.24) is 10.6 Å². The summed E-state index contributed by atoms with van der Waals surface area (Å²) in [6.07, 6.45) is 0. The lowest BCUT2D eigenvalue weighted by molar-refractivity contribution is -0.120. The zero-order valence-electron chi connectivity index (χ0n) is 14.8. The van der Waals surface area contributed by atoms with Crippen molar-refractivity contribution in [3.63, 3.8) is 0 Å². The van der Waals surface area contributed by atoms with Gasteiger partial charge in [-0.3, -0.25) is 9.59 Å². The molecule has 5 N–H and O–H groups in total. The first-order valence-corrected chi connectivity index (χ1v) is 8.12. The molecule has 0 atom stereocenters. The van der Waals surface area contributed by atoms with Crippen molar-refractivity contribution in [1.29, 1.82) is 0 Å². The lowest BCUT2D eigenvalue weighted by Crippen LogP contribution is -2.36. The van der Waals surface area contributed by atoms with E-state index in [0.717, 1.165) is 16.7 Å². The summed E-state index contributed by atoms with van der Waals surface area (Å²) in [7, 11) is 0. The smallest absolute Gasteiger partial charge is 0.316 e. The summed E-state index contributed by atoms with van der Waals surface area (Å²) in [6, 6.07) is 11.7. The van der Waals surface area contributed by atoms with E-state index in [4.69, 9.17) is 5.73 Å². The Bertz CT molecular complexity index is 816. The summed E-state index contributed by atoms with van der Waals surface area (Å²) < 4.78 is 0. The Morgan fingerprint density at radius 3 is 2.23 bits per heavy atom. The van der Waals surface area contributed by atoms with Gasteiger partial charge in [0.05, 0.1) is 6.54 Å². The van der Waals surface area contributed by atoms with Gasteiger partial charge in [0.25, 0.3) is 5.91 Å². The first kappa shape index (κ1) is 19.0. The molecule has 0 heterocycles. The number of hydrogen-bond donors (Lipinski definition) is 4. The van der Waals surface area contributed by atoms with E-state index in [9.17, 15) is 14.4 Å². The van der Waals surface area contributed by atoms with E-state index in [1.165, 1.54) is 0 Å². The van der Waals surface area contributed by atoms with Crippen molar-refractivity contribution in [2.75, 3.05) is 11.9 Å². The number of rotatable bonds is 6. The Hall–Kier alpha value is -3.35. The van der Waals surface area contributed by atoms with Crippen LogP contribution in [0.5, 0.6) is 0 Å². The number of amides is 4. The minimum Gasteiger partial charge on any atom is -0.351 e. The molecule has 7 heteroatoms. The number of nitrogens with one attached hydrogen (secondary N) is 3. The fourth-order valence-electron chi connectivity index (χ4n) is 2.26. The third-order valence-electron chi connectivity index (χ3n) is 3.89. The average molecular weight is 354 g/mol. The highest BCUT2D eigenvalue weighted by Crippen LogP contribution is 2.10. The second kappa shape index (κ2) is 8.66. The molecule has 0 fully saturated rings. The van der Waals surface area contributed by atoms with E-state index in [1.807, 2.05) is 19.9 Å². The molecular weight excluding hydrogens is 332 g/mol. The average Bonchev–Trinajstić information content (AvgIpc) is 2.61. The molecule has 0 saturated heterocycles. The van der Waals surface area contributed by atoms with Crippen LogP contribution in [0.25, 0.3) is 0 Å². The molecule has 0 bridgehead atoms. The molecule has 0 unspecified atom stereocenters. The third-order valence-corrected chi connectivity index (χ3v) is 3.89. The van der Waals surface area contributed by atoms with Gasteiger partial charge in [0, 0.05) is 17.8 Å². The molecule has 2 aromatic rings. The van der Waals surface area contributed by atoms with Crippen molar-refractivity contribution in [3.05, 3.63) is 64.7 Å². The molecule has 2 aromatic carbocycles. The lowest BCUT2D eigenvalue weighted by Gasteiger charge is -2.09. The molecule has 2 rings (SSSR count). The quantitative estimate of drug-likeness (QED) is 0.635. The van der Waals surface area contributed by atoms with E-state index in [2.05, 4.69) is 16.0 Å². The minimum absolute atomic E-state index is 0.104. The van der Waals surface area contributed by atoms with E-state index in [1.54, 1.807) is 36.4 Å². The van der Waals surface area contributed by atoms with Gasteiger partial charge >= 0.3 is 6.03 Å². The van der Waals surface area contributed by atoms with Gasteiger partial charge in [0.1, 0.15) is 0 Å². The van der Waals surface area contributed by atoms with Crippen LogP contribution in [0.4, 0.5) is 10.5 Å². The zero-order chi connectivity index (χ0) is 19.1. The second-order valence-electron chi connectivity index (χ2n) is 5.94. The van der Waals surface area contributed by atoms with Crippen LogP contribution in [-0.4, -0.2) is 24.4 Å². The van der Waals surface area contributed by atoms with Crippen molar-refractivity contribution < 1.29 is 14.4 Å². The maximum atomic E-state index is 12.1. The molecule has 0 spiro atoms. The number of carbonyl (C=O) groups excluding carboxylic acids is 3. The van der Waals surface area contributed by atoms with Crippen LogP contribution in [0.3, 0.4) is 0 Å². The molecule has 0 aliphatic carbocycles. The summed E-state index contributed by atoms with van der Waals surface area (Å²) in [4.78, 5) is 34.7. The third kappa shape index (κ3) is 5.62.